The second kappa shape index (κ2) is 7.56. The van der Waals surface area contributed by atoms with E-state index >= 15 is 0 Å². The molecule has 0 saturated carbocycles. The largest absolute Gasteiger partial charge is 0.485 e. The fourth-order valence-corrected chi connectivity index (χ4v) is 1.34. The molecule has 3 N–H and O–H groups in total. The third kappa shape index (κ3) is 4.94. The highest BCUT2D eigenvalue weighted by atomic mass is 19.3. The van der Waals surface area contributed by atoms with E-state index < -0.39 is 30.7 Å². The molecule has 0 amide bonds. The van der Waals surface area contributed by atoms with Crippen molar-refractivity contribution in [3.8, 4) is 5.75 Å². The molecule has 0 aromatic heterocycles. The Morgan fingerprint density at radius 2 is 2.15 bits per heavy atom. The van der Waals surface area contributed by atoms with Crippen LogP contribution >= 0.6 is 0 Å². The minimum Gasteiger partial charge on any atom is -0.485 e. The molecule has 9 heteroatoms. The average Bonchev–Trinajstić information content (AvgIpc) is 2.42. The van der Waals surface area contributed by atoms with Crippen molar-refractivity contribution in [1.29, 1.82) is 0 Å². The average molecular weight is 292 g/mol. The molecule has 0 aliphatic carbocycles. The lowest BCUT2D eigenvalue weighted by Gasteiger charge is -2.14. The number of hydrogen-bond donors (Lipinski definition) is 3. The Labute approximate surface area is 112 Å². The van der Waals surface area contributed by atoms with Crippen LogP contribution in [0.15, 0.2) is 18.2 Å². The molecule has 1 aromatic carbocycles. The quantitative estimate of drug-likeness (QED) is 0.488. The third-order valence-corrected chi connectivity index (χ3v) is 2.28. The highest BCUT2D eigenvalue weighted by Gasteiger charge is 2.14. The van der Waals surface area contributed by atoms with Gasteiger partial charge in [-0.2, -0.15) is 0 Å². The number of halogens is 2. The van der Waals surface area contributed by atoms with Crippen molar-refractivity contribution < 1.29 is 28.7 Å². The zero-order valence-electron chi connectivity index (χ0n) is 10.3. The number of alkyl halides is 2. The van der Waals surface area contributed by atoms with Crippen LogP contribution in [0.2, 0.25) is 0 Å². The van der Waals surface area contributed by atoms with E-state index in [0.29, 0.717) is 0 Å². The number of nitrogens with one attached hydrogen (secondary N) is 1. The summed E-state index contributed by atoms with van der Waals surface area (Å²) in [4.78, 5) is 10.0. The van der Waals surface area contributed by atoms with E-state index in [1.165, 1.54) is 6.07 Å². The standard InChI is InChI=1S/C11H14F2N2O5/c12-11(13)6-20-10-2-1-7(15(18)19)3-9(10)14-4-8(17)5-16/h1-3,8,11,14,16-17H,4-6H2. The number of aliphatic hydroxyl groups is 2. The number of rotatable bonds is 8. The zero-order chi connectivity index (χ0) is 15.1. The maximum Gasteiger partial charge on any atom is 0.272 e. The molecule has 1 rings (SSSR count). The molecule has 1 unspecified atom stereocenters. The maximum absolute atomic E-state index is 12.1. The summed E-state index contributed by atoms with van der Waals surface area (Å²) >= 11 is 0. The molecule has 0 bridgehead atoms. The van der Waals surface area contributed by atoms with Crippen LogP contribution in [-0.2, 0) is 0 Å². The number of nitro groups is 1. The molecular formula is C11H14F2N2O5. The normalized spacial score (nSPS) is 12.2. The topological polar surface area (TPSA) is 105 Å². The molecule has 0 spiro atoms. The van der Waals surface area contributed by atoms with Gasteiger partial charge in [-0.1, -0.05) is 0 Å². The van der Waals surface area contributed by atoms with Crippen LogP contribution in [0.1, 0.15) is 0 Å². The number of ether oxygens (including phenoxy) is 1. The first kappa shape index (κ1) is 16.1. The summed E-state index contributed by atoms with van der Waals surface area (Å²) in [6.07, 6.45) is -3.77. The number of non-ortho nitro benzene ring substituents is 1. The molecule has 112 valence electrons. The van der Waals surface area contributed by atoms with E-state index in [0.717, 1.165) is 12.1 Å². The van der Waals surface area contributed by atoms with Crippen molar-refractivity contribution in [1.82, 2.24) is 0 Å². The van der Waals surface area contributed by atoms with Crippen LogP contribution < -0.4 is 10.1 Å². The van der Waals surface area contributed by atoms with Crippen LogP contribution in [0.3, 0.4) is 0 Å². The van der Waals surface area contributed by atoms with Crippen LogP contribution in [0, 0.1) is 10.1 Å². The second-order valence-corrected chi connectivity index (χ2v) is 3.86. The molecule has 1 aromatic rings. The minimum atomic E-state index is -2.68. The lowest BCUT2D eigenvalue weighted by molar-refractivity contribution is -0.384. The van der Waals surface area contributed by atoms with Gasteiger partial charge in [-0.15, -0.1) is 0 Å². The van der Waals surface area contributed by atoms with Gasteiger partial charge >= 0.3 is 0 Å². The summed E-state index contributed by atoms with van der Waals surface area (Å²) in [7, 11) is 0. The van der Waals surface area contributed by atoms with E-state index in [1.807, 2.05) is 0 Å². The molecule has 20 heavy (non-hydrogen) atoms. The smallest absolute Gasteiger partial charge is 0.272 e. The molecule has 0 fully saturated rings. The Morgan fingerprint density at radius 3 is 2.70 bits per heavy atom. The highest BCUT2D eigenvalue weighted by molar-refractivity contribution is 5.61. The Bertz CT molecular complexity index is 458. The van der Waals surface area contributed by atoms with Gasteiger partial charge in [0.25, 0.3) is 12.1 Å². The van der Waals surface area contributed by atoms with Gasteiger partial charge in [0.2, 0.25) is 0 Å². The predicted molar refractivity (Wildman–Crippen MR) is 66.2 cm³/mol. The molecule has 0 aliphatic rings. The molecule has 1 atom stereocenters. The van der Waals surface area contributed by atoms with E-state index in [9.17, 15) is 24.0 Å². The minimum absolute atomic E-state index is 0.000963. The molecule has 0 aliphatic heterocycles. The van der Waals surface area contributed by atoms with Gasteiger partial charge in [-0.25, -0.2) is 8.78 Å². The van der Waals surface area contributed by atoms with Crippen molar-refractivity contribution >= 4 is 11.4 Å². The fourth-order valence-electron chi connectivity index (χ4n) is 1.34. The third-order valence-electron chi connectivity index (χ3n) is 2.28. The monoisotopic (exact) mass is 292 g/mol. The fraction of sp³-hybridized carbons (Fsp3) is 0.455. The van der Waals surface area contributed by atoms with Crippen molar-refractivity contribution in [3.63, 3.8) is 0 Å². The summed E-state index contributed by atoms with van der Waals surface area (Å²) in [6, 6.07) is 3.41. The summed E-state index contributed by atoms with van der Waals surface area (Å²) in [5.41, 5.74) is -0.164. The Hall–Kier alpha value is -2.00. The molecular weight excluding hydrogens is 278 g/mol. The zero-order valence-corrected chi connectivity index (χ0v) is 10.3. The van der Waals surface area contributed by atoms with E-state index in [2.05, 4.69) is 5.32 Å². The predicted octanol–water partition coefficient (Wildman–Crippen LogP) is 1.00. The lowest BCUT2D eigenvalue weighted by atomic mass is 10.2. The number of nitro benzene ring substituents is 1. The first-order chi connectivity index (χ1) is 9.43. The van der Waals surface area contributed by atoms with Crippen LogP contribution in [-0.4, -0.2) is 47.4 Å². The van der Waals surface area contributed by atoms with Crippen molar-refractivity contribution in [2.45, 2.75) is 12.5 Å². The maximum atomic E-state index is 12.1. The van der Waals surface area contributed by atoms with Crippen LogP contribution in [0.25, 0.3) is 0 Å². The first-order valence-electron chi connectivity index (χ1n) is 5.66. The number of benzene rings is 1. The van der Waals surface area contributed by atoms with Gasteiger partial charge in [0, 0.05) is 18.7 Å². The van der Waals surface area contributed by atoms with Crippen LogP contribution in [0.5, 0.6) is 5.75 Å². The summed E-state index contributed by atoms with van der Waals surface area (Å²) < 4.78 is 29.0. The number of hydrogen-bond acceptors (Lipinski definition) is 6. The molecule has 0 heterocycles. The number of aliphatic hydroxyl groups excluding tert-OH is 2. The Morgan fingerprint density at radius 1 is 1.45 bits per heavy atom. The summed E-state index contributed by atoms with van der Waals surface area (Å²) in [5, 5.41) is 31.1. The van der Waals surface area contributed by atoms with E-state index in [1.54, 1.807) is 0 Å². The lowest BCUT2D eigenvalue weighted by Crippen LogP contribution is -2.23. The van der Waals surface area contributed by atoms with Crippen LogP contribution in [0.4, 0.5) is 20.2 Å². The highest BCUT2D eigenvalue weighted by Crippen LogP contribution is 2.29. The van der Waals surface area contributed by atoms with Gasteiger partial charge in [-0.05, 0) is 6.07 Å². The van der Waals surface area contributed by atoms with E-state index in [-0.39, 0.29) is 23.7 Å². The molecule has 0 radical (unpaired) electrons. The van der Waals surface area contributed by atoms with Crippen molar-refractivity contribution in [2.75, 3.05) is 25.1 Å². The van der Waals surface area contributed by atoms with Crippen molar-refractivity contribution in [2.24, 2.45) is 0 Å². The molecule has 0 saturated heterocycles. The van der Waals surface area contributed by atoms with Gasteiger partial charge in [0.15, 0.2) is 0 Å². The van der Waals surface area contributed by atoms with Gasteiger partial charge < -0.3 is 20.3 Å². The van der Waals surface area contributed by atoms with Crippen molar-refractivity contribution in [3.05, 3.63) is 28.3 Å². The Balaban J connectivity index is 2.88. The molecule has 7 nitrogen and oxygen atoms in total. The Kier molecular flexibility index (Phi) is 6.07. The summed E-state index contributed by atoms with van der Waals surface area (Å²) in [6.45, 7) is -1.47. The van der Waals surface area contributed by atoms with Gasteiger partial charge in [0.1, 0.15) is 12.4 Å². The first-order valence-corrected chi connectivity index (χ1v) is 5.66. The summed E-state index contributed by atoms with van der Waals surface area (Å²) in [5.74, 6) is 0.000963. The number of nitrogens with zero attached hydrogens (tertiary/aromatic N) is 1. The second-order valence-electron chi connectivity index (χ2n) is 3.86. The SMILES string of the molecule is O=[N+]([O-])c1ccc(OCC(F)F)c(NCC(O)CO)c1. The van der Waals surface area contributed by atoms with E-state index in [4.69, 9.17) is 9.84 Å². The number of anilines is 1. The van der Waals surface area contributed by atoms with Gasteiger partial charge in [-0.3, -0.25) is 10.1 Å². The van der Waals surface area contributed by atoms with Gasteiger partial charge in [0.05, 0.1) is 23.3 Å².